The highest BCUT2D eigenvalue weighted by molar-refractivity contribution is 5.91. The molecular formula is C21H30O5. The van der Waals surface area contributed by atoms with Gasteiger partial charge in [-0.1, -0.05) is 12.5 Å². The van der Waals surface area contributed by atoms with Crippen LogP contribution in [0.2, 0.25) is 0 Å². The first-order chi connectivity index (χ1) is 15.3. The molecular weight excluding hydrogens is 332 g/mol. The summed E-state index contributed by atoms with van der Waals surface area (Å²) in [5, 5.41) is 31.6. The number of carbonyl (C=O) groups is 2. The van der Waals surface area contributed by atoms with Gasteiger partial charge in [-0.15, -0.1) is 0 Å². The van der Waals surface area contributed by atoms with E-state index < -0.39 is 90.5 Å². The molecule has 0 aliphatic heterocycles. The van der Waals surface area contributed by atoms with Gasteiger partial charge in [0.2, 0.25) is 0 Å². The molecule has 0 unspecified atom stereocenters. The zero-order valence-corrected chi connectivity index (χ0v) is 14.7. The predicted octanol–water partition coefficient (Wildman–Crippen LogP) is 1.64. The van der Waals surface area contributed by atoms with Crippen LogP contribution in [0.1, 0.15) is 62.7 Å². The molecule has 7 atom stereocenters. The fourth-order valence-corrected chi connectivity index (χ4v) is 6.24. The standard InChI is InChI=1S/C21H30O5/c1-20-7-6-13(24)8-12(20)2-3-14-15-4-5-16(18(26)10-22)21(15,11-23)9-17(25)19(14)20/h8,14-17,19,22-23,25H,2-7,9-11H2,1H3/t14-,15-,16+,17-,19+,20-,21+/m0/s1/i2D2,6D2,8D,10D2,16D. The Bertz CT molecular complexity index is 977. The maximum Gasteiger partial charge on any atom is 0.161 e. The minimum Gasteiger partial charge on any atom is -0.396 e. The molecule has 0 aromatic rings. The number of aliphatic hydroxyl groups is 3. The zero-order chi connectivity index (χ0) is 25.9. The van der Waals surface area contributed by atoms with Crippen LogP contribution in [0.5, 0.6) is 0 Å². The van der Waals surface area contributed by atoms with Crippen LogP contribution >= 0.6 is 0 Å². The second kappa shape index (κ2) is 6.25. The van der Waals surface area contributed by atoms with Crippen LogP contribution in [-0.4, -0.2) is 46.2 Å². The number of hydrogen-bond donors (Lipinski definition) is 3. The van der Waals surface area contributed by atoms with Crippen LogP contribution in [0.4, 0.5) is 0 Å². The molecule has 0 spiro atoms. The van der Waals surface area contributed by atoms with E-state index in [9.17, 15) is 24.9 Å². The van der Waals surface area contributed by atoms with Gasteiger partial charge in [-0.2, -0.15) is 0 Å². The van der Waals surface area contributed by atoms with Gasteiger partial charge in [-0.05, 0) is 67.7 Å². The number of ketones is 2. The summed E-state index contributed by atoms with van der Waals surface area (Å²) in [6.45, 7) is -2.54. The quantitative estimate of drug-likeness (QED) is 0.702. The molecule has 0 aromatic heterocycles. The van der Waals surface area contributed by atoms with Crippen LogP contribution in [0.3, 0.4) is 0 Å². The van der Waals surface area contributed by atoms with Crippen molar-refractivity contribution in [2.24, 2.45) is 34.5 Å². The summed E-state index contributed by atoms with van der Waals surface area (Å²) in [7, 11) is 0. The molecule has 0 bridgehead atoms. The molecule has 0 heterocycles. The Hall–Kier alpha value is -1.04. The molecule has 144 valence electrons. The van der Waals surface area contributed by atoms with Gasteiger partial charge >= 0.3 is 0 Å². The van der Waals surface area contributed by atoms with E-state index in [1.807, 2.05) is 0 Å². The number of fused-ring (bicyclic) bond motifs is 5. The highest BCUT2D eigenvalue weighted by Gasteiger charge is 2.64. The van der Waals surface area contributed by atoms with E-state index in [2.05, 4.69) is 0 Å². The third-order valence-corrected chi connectivity index (χ3v) is 7.32. The molecule has 3 fully saturated rings. The monoisotopic (exact) mass is 370 g/mol. The fraction of sp³-hybridized carbons (Fsp3) is 0.810. The van der Waals surface area contributed by atoms with Gasteiger partial charge in [-0.25, -0.2) is 0 Å². The number of carbonyl (C=O) groups excluding carboxylic acids is 2. The van der Waals surface area contributed by atoms with Crippen molar-refractivity contribution in [2.45, 2.75) is 57.9 Å². The van der Waals surface area contributed by atoms with Crippen LogP contribution in [-0.2, 0) is 9.59 Å². The number of aliphatic hydroxyl groups excluding tert-OH is 2. The Morgan fingerprint density at radius 3 is 2.88 bits per heavy atom. The molecule has 26 heavy (non-hydrogen) atoms. The number of allylic oxidation sites excluding steroid dienone is 1. The van der Waals surface area contributed by atoms with Crippen LogP contribution in [0, 0.1) is 34.5 Å². The lowest BCUT2D eigenvalue weighted by Crippen LogP contribution is -2.59. The normalized spacial score (nSPS) is 59.8. The first-order valence-corrected chi connectivity index (χ1v) is 9.13. The lowest BCUT2D eigenvalue weighted by Gasteiger charge is -2.60. The van der Waals surface area contributed by atoms with E-state index in [-0.39, 0.29) is 31.3 Å². The van der Waals surface area contributed by atoms with Gasteiger partial charge in [0, 0.05) is 31.1 Å². The van der Waals surface area contributed by atoms with Gasteiger partial charge in [-0.3, -0.25) is 9.59 Å². The van der Waals surface area contributed by atoms with Crippen molar-refractivity contribution in [3.05, 3.63) is 11.6 Å². The van der Waals surface area contributed by atoms with Crippen LogP contribution in [0.25, 0.3) is 0 Å². The molecule has 4 rings (SSSR count). The van der Waals surface area contributed by atoms with E-state index in [0.29, 0.717) is 0 Å². The molecule has 4 aliphatic carbocycles. The Balaban J connectivity index is 1.89. The second-order valence-electron chi connectivity index (χ2n) is 8.32. The van der Waals surface area contributed by atoms with Crippen molar-refractivity contribution < 1.29 is 35.9 Å². The summed E-state index contributed by atoms with van der Waals surface area (Å²) < 4.78 is 66.0. The highest BCUT2D eigenvalue weighted by atomic mass is 16.3. The number of Topliss-reactive ketones (excluding diaryl/α,β-unsaturated/α-hetero) is 1. The lowest BCUT2D eigenvalue weighted by atomic mass is 9.45. The van der Waals surface area contributed by atoms with E-state index in [0.717, 1.165) is 0 Å². The maximum atomic E-state index is 12.9. The Kier molecular flexibility index (Phi) is 2.66. The molecule has 0 aromatic carbocycles. The maximum absolute atomic E-state index is 12.9. The smallest absolute Gasteiger partial charge is 0.161 e. The van der Waals surface area contributed by atoms with E-state index in [4.69, 9.17) is 11.0 Å². The summed E-state index contributed by atoms with van der Waals surface area (Å²) in [4.78, 5) is 25.4. The van der Waals surface area contributed by atoms with E-state index >= 15 is 0 Å². The van der Waals surface area contributed by atoms with Crippen molar-refractivity contribution in [3.8, 4) is 0 Å². The molecule has 4 aliphatic rings. The Morgan fingerprint density at radius 2 is 2.19 bits per heavy atom. The Labute approximate surface area is 165 Å². The summed E-state index contributed by atoms with van der Waals surface area (Å²) in [5.41, 5.74) is -3.18. The summed E-state index contributed by atoms with van der Waals surface area (Å²) >= 11 is 0. The van der Waals surface area contributed by atoms with Crippen molar-refractivity contribution in [3.63, 3.8) is 0 Å². The average molecular weight is 371 g/mol. The first-order valence-electron chi connectivity index (χ1n) is 13.1. The Morgan fingerprint density at radius 1 is 1.42 bits per heavy atom. The van der Waals surface area contributed by atoms with E-state index in [1.54, 1.807) is 6.92 Å². The summed E-state index contributed by atoms with van der Waals surface area (Å²) in [5.74, 6) is -7.00. The molecule has 3 saturated carbocycles. The van der Waals surface area contributed by atoms with Gasteiger partial charge in [0.25, 0.3) is 0 Å². The number of rotatable bonds is 3. The lowest BCUT2D eigenvalue weighted by molar-refractivity contribution is -0.158. The van der Waals surface area contributed by atoms with Crippen LogP contribution < -0.4 is 0 Å². The average Bonchev–Trinajstić information content (AvgIpc) is 2.97. The molecule has 0 radical (unpaired) electrons. The van der Waals surface area contributed by atoms with Crippen molar-refractivity contribution in [2.75, 3.05) is 13.2 Å². The SMILES string of the molecule is [2H]C1=C2C([2H])([2H])C[C@@H]3[C@H]([C@@H](O)C[C@@]4(CO)[C@H]3CC[C@]4([2H])C(=O)C([2H])([2H])O)[C@@]2(C)CC([2H])([2H])C1=O. The van der Waals surface area contributed by atoms with Gasteiger partial charge in [0.15, 0.2) is 11.6 Å². The van der Waals surface area contributed by atoms with E-state index in [1.165, 1.54) is 0 Å². The van der Waals surface area contributed by atoms with Crippen molar-refractivity contribution >= 4 is 11.6 Å². The first kappa shape index (κ1) is 11.1. The number of hydrogen-bond acceptors (Lipinski definition) is 5. The van der Waals surface area contributed by atoms with Crippen LogP contribution in [0.15, 0.2) is 11.6 Å². The fourth-order valence-electron chi connectivity index (χ4n) is 6.24. The molecule has 3 N–H and O–H groups in total. The van der Waals surface area contributed by atoms with Gasteiger partial charge in [0.05, 0.1) is 10.2 Å². The van der Waals surface area contributed by atoms with Gasteiger partial charge < -0.3 is 15.3 Å². The van der Waals surface area contributed by atoms with Crippen molar-refractivity contribution in [1.29, 1.82) is 0 Å². The van der Waals surface area contributed by atoms with Crippen molar-refractivity contribution in [1.82, 2.24) is 0 Å². The minimum atomic E-state index is -3.33. The third-order valence-electron chi connectivity index (χ3n) is 7.32. The second-order valence-corrected chi connectivity index (χ2v) is 8.32. The predicted molar refractivity (Wildman–Crippen MR) is 95.1 cm³/mol. The van der Waals surface area contributed by atoms with Gasteiger partial charge in [0.1, 0.15) is 6.56 Å². The summed E-state index contributed by atoms with van der Waals surface area (Å²) in [6, 6.07) is -0.724. The molecule has 0 saturated heterocycles. The molecule has 5 nitrogen and oxygen atoms in total. The molecule has 5 heteroatoms. The zero-order valence-electron chi connectivity index (χ0n) is 22.7. The largest absolute Gasteiger partial charge is 0.396 e. The topological polar surface area (TPSA) is 94.8 Å². The minimum absolute atomic E-state index is 0.143. The highest BCUT2D eigenvalue weighted by Crippen LogP contribution is 2.66. The summed E-state index contributed by atoms with van der Waals surface area (Å²) in [6.07, 6.45) is -7.05. The molecule has 0 amide bonds. The third kappa shape index (κ3) is 2.33.